The second kappa shape index (κ2) is 6.80. The van der Waals surface area contributed by atoms with Gasteiger partial charge in [-0.25, -0.2) is 4.79 Å². The molecule has 0 saturated heterocycles. The largest absolute Gasteiger partial charge is 0.497 e. The van der Waals surface area contributed by atoms with Crippen molar-refractivity contribution in [3.63, 3.8) is 0 Å². The average molecular weight is 344 g/mol. The van der Waals surface area contributed by atoms with Gasteiger partial charge < -0.3 is 15.4 Å². The number of methoxy groups -OCH3 is 1. The molecule has 0 fully saturated rings. The van der Waals surface area contributed by atoms with Crippen LogP contribution < -0.4 is 20.7 Å². The van der Waals surface area contributed by atoms with Gasteiger partial charge in [-0.2, -0.15) is 5.32 Å². The van der Waals surface area contributed by atoms with Crippen molar-refractivity contribution in [2.75, 3.05) is 17.7 Å². The number of para-hydroxylation sites is 1. The molecule has 2 N–H and O–H groups in total. The molecule has 0 bridgehead atoms. The summed E-state index contributed by atoms with van der Waals surface area (Å²) in [5.74, 6) is 0.824. The van der Waals surface area contributed by atoms with Gasteiger partial charge in [0.2, 0.25) is 0 Å². The quantitative estimate of drug-likeness (QED) is 0.698. The molecule has 4 rings (SSSR count). The molecule has 1 radical (unpaired) electrons. The summed E-state index contributed by atoms with van der Waals surface area (Å²) in [5, 5.41) is 10.2. The number of benzene rings is 3. The SMILES string of the molecule is COc1cccc(Cc2cc3c(cc2Nc2ccccc2)[N]C(=O)N3)c1. The molecule has 0 saturated carbocycles. The van der Waals surface area contributed by atoms with Crippen molar-refractivity contribution < 1.29 is 9.53 Å². The fourth-order valence-electron chi connectivity index (χ4n) is 3.02. The molecule has 129 valence electrons. The zero-order chi connectivity index (χ0) is 17.9. The number of ether oxygens (including phenoxy) is 1. The third-order valence-electron chi connectivity index (χ3n) is 4.27. The first kappa shape index (κ1) is 16.0. The number of hydrogen-bond donors (Lipinski definition) is 2. The highest BCUT2D eigenvalue weighted by Gasteiger charge is 2.21. The highest BCUT2D eigenvalue weighted by atomic mass is 16.5. The number of fused-ring (bicyclic) bond motifs is 1. The van der Waals surface area contributed by atoms with Gasteiger partial charge in [0.1, 0.15) is 5.75 Å². The van der Waals surface area contributed by atoms with E-state index in [1.807, 2.05) is 60.7 Å². The standard InChI is InChI=1S/C21H18N3O2/c1-26-17-9-5-6-14(11-17)10-15-12-19-20(24-21(25)23-19)13-18(15)22-16-7-3-2-4-8-16/h2-9,11-13,22H,10H2,1H3,(H,23,25). The smallest absolute Gasteiger partial charge is 0.346 e. The van der Waals surface area contributed by atoms with E-state index in [0.717, 1.165) is 33.9 Å². The van der Waals surface area contributed by atoms with E-state index in [-0.39, 0.29) is 6.03 Å². The fraction of sp³-hybridized carbons (Fsp3) is 0.0952. The van der Waals surface area contributed by atoms with E-state index in [4.69, 9.17) is 4.74 Å². The molecule has 2 amide bonds. The molecule has 1 aliphatic heterocycles. The molecule has 1 aliphatic rings. The highest BCUT2D eigenvalue weighted by Crippen LogP contribution is 2.36. The molecule has 0 aromatic heterocycles. The maximum Gasteiger partial charge on any atom is 0.346 e. The van der Waals surface area contributed by atoms with Crippen LogP contribution in [0.15, 0.2) is 66.7 Å². The summed E-state index contributed by atoms with van der Waals surface area (Å²) in [6.45, 7) is 0. The first-order chi connectivity index (χ1) is 12.7. The Labute approximate surface area is 152 Å². The van der Waals surface area contributed by atoms with Gasteiger partial charge in [-0.05, 0) is 53.9 Å². The van der Waals surface area contributed by atoms with Crippen LogP contribution in [0.3, 0.4) is 0 Å². The number of amides is 2. The van der Waals surface area contributed by atoms with Gasteiger partial charge in [0.15, 0.2) is 0 Å². The van der Waals surface area contributed by atoms with Crippen LogP contribution in [0.5, 0.6) is 5.75 Å². The van der Waals surface area contributed by atoms with E-state index in [0.29, 0.717) is 12.1 Å². The Morgan fingerprint density at radius 3 is 2.69 bits per heavy atom. The Bertz CT molecular complexity index is 955. The maximum atomic E-state index is 11.6. The van der Waals surface area contributed by atoms with E-state index < -0.39 is 0 Å². The molecule has 0 atom stereocenters. The van der Waals surface area contributed by atoms with Crippen LogP contribution in [0, 0.1) is 0 Å². The van der Waals surface area contributed by atoms with Crippen LogP contribution in [0.25, 0.3) is 0 Å². The molecular weight excluding hydrogens is 326 g/mol. The summed E-state index contributed by atoms with van der Waals surface area (Å²) in [6.07, 6.45) is 0.704. The van der Waals surface area contributed by atoms with E-state index in [1.54, 1.807) is 7.11 Å². The van der Waals surface area contributed by atoms with Gasteiger partial charge >= 0.3 is 6.03 Å². The lowest BCUT2D eigenvalue weighted by atomic mass is 10.0. The van der Waals surface area contributed by atoms with Gasteiger partial charge in [0, 0.05) is 11.4 Å². The van der Waals surface area contributed by atoms with E-state index in [9.17, 15) is 4.79 Å². The molecule has 3 aromatic rings. The number of carbonyl (C=O) groups is 1. The average Bonchev–Trinajstić information content (AvgIpc) is 3.02. The molecular formula is C21H18N3O2. The second-order valence-electron chi connectivity index (χ2n) is 6.09. The van der Waals surface area contributed by atoms with Gasteiger partial charge in [0.25, 0.3) is 0 Å². The Morgan fingerprint density at radius 2 is 1.88 bits per heavy atom. The third-order valence-corrected chi connectivity index (χ3v) is 4.27. The molecule has 5 nitrogen and oxygen atoms in total. The van der Waals surface area contributed by atoms with Crippen molar-refractivity contribution in [2.45, 2.75) is 6.42 Å². The summed E-state index contributed by atoms with van der Waals surface area (Å²) >= 11 is 0. The van der Waals surface area contributed by atoms with E-state index >= 15 is 0 Å². The van der Waals surface area contributed by atoms with Crippen LogP contribution >= 0.6 is 0 Å². The third kappa shape index (κ3) is 3.32. The van der Waals surface area contributed by atoms with Gasteiger partial charge in [-0.1, -0.05) is 30.3 Å². The Balaban J connectivity index is 1.71. The summed E-state index contributed by atoms with van der Waals surface area (Å²) in [4.78, 5) is 11.6. The number of rotatable bonds is 5. The van der Waals surface area contributed by atoms with Crippen molar-refractivity contribution in [3.8, 4) is 5.75 Å². The summed E-state index contributed by atoms with van der Waals surface area (Å²) in [5.41, 5.74) is 5.50. The van der Waals surface area contributed by atoms with Gasteiger partial charge in [-0.3, -0.25) is 0 Å². The molecule has 0 spiro atoms. The second-order valence-corrected chi connectivity index (χ2v) is 6.09. The van der Waals surface area contributed by atoms with Crippen molar-refractivity contribution >= 4 is 28.8 Å². The fourth-order valence-corrected chi connectivity index (χ4v) is 3.02. The normalized spacial score (nSPS) is 12.1. The van der Waals surface area contributed by atoms with Crippen LogP contribution in [-0.2, 0) is 6.42 Å². The predicted octanol–water partition coefficient (Wildman–Crippen LogP) is 4.81. The Morgan fingerprint density at radius 1 is 1.04 bits per heavy atom. The van der Waals surface area contributed by atoms with Gasteiger partial charge in [-0.15, -0.1) is 0 Å². The monoisotopic (exact) mass is 344 g/mol. The molecule has 0 aliphatic carbocycles. The number of hydrogen-bond acceptors (Lipinski definition) is 3. The first-order valence-corrected chi connectivity index (χ1v) is 8.36. The van der Waals surface area contributed by atoms with Crippen LogP contribution in [-0.4, -0.2) is 13.1 Å². The zero-order valence-electron chi connectivity index (χ0n) is 14.3. The predicted molar refractivity (Wildman–Crippen MR) is 103 cm³/mol. The lowest BCUT2D eigenvalue weighted by Gasteiger charge is -2.14. The topological polar surface area (TPSA) is 64.5 Å². The minimum atomic E-state index is -0.329. The van der Waals surface area contributed by atoms with Crippen LogP contribution in [0.1, 0.15) is 11.1 Å². The minimum absolute atomic E-state index is 0.329. The lowest BCUT2D eigenvalue weighted by molar-refractivity contribution is 0.256. The zero-order valence-corrected chi connectivity index (χ0v) is 14.3. The van der Waals surface area contributed by atoms with Gasteiger partial charge in [0.05, 0.1) is 18.5 Å². The number of urea groups is 1. The van der Waals surface area contributed by atoms with Crippen LogP contribution in [0.2, 0.25) is 0 Å². The first-order valence-electron chi connectivity index (χ1n) is 8.36. The lowest BCUT2D eigenvalue weighted by Crippen LogP contribution is -2.08. The van der Waals surface area contributed by atoms with E-state index in [2.05, 4.69) is 22.0 Å². The minimum Gasteiger partial charge on any atom is -0.497 e. The molecule has 3 aromatic carbocycles. The molecule has 26 heavy (non-hydrogen) atoms. The summed E-state index contributed by atoms with van der Waals surface area (Å²) in [6, 6.07) is 21.5. The molecule has 0 unspecified atom stereocenters. The van der Waals surface area contributed by atoms with Crippen molar-refractivity contribution in [1.29, 1.82) is 0 Å². The number of nitrogens with zero attached hydrogens (tertiary/aromatic N) is 1. The number of nitrogens with one attached hydrogen (secondary N) is 2. The van der Waals surface area contributed by atoms with E-state index in [1.165, 1.54) is 0 Å². The number of carbonyl (C=O) groups excluding carboxylic acids is 1. The highest BCUT2D eigenvalue weighted by molar-refractivity contribution is 6.03. The van der Waals surface area contributed by atoms with Crippen molar-refractivity contribution in [2.24, 2.45) is 0 Å². The van der Waals surface area contributed by atoms with Crippen molar-refractivity contribution in [3.05, 3.63) is 77.9 Å². The summed E-state index contributed by atoms with van der Waals surface area (Å²) < 4.78 is 5.32. The maximum absolute atomic E-state index is 11.6. The van der Waals surface area contributed by atoms with Crippen molar-refractivity contribution in [1.82, 2.24) is 5.32 Å². The molecule has 5 heteroatoms. The Kier molecular flexibility index (Phi) is 4.19. The summed E-state index contributed by atoms with van der Waals surface area (Å²) in [7, 11) is 1.66. The van der Waals surface area contributed by atoms with Crippen LogP contribution in [0.4, 0.5) is 27.5 Å². The molecule has 1 heterocycles. The Hall–Kier alpha value is -3.47. The number of anilines is 3.